The third-order valence-electron chi connectivity index (χ3n) is 2.00. The molecule has 0 spiro atoms. The predicted molar refractivity (Wildman–Crippen MR) is 62.7 cm³/mol. The molecular formula is C11H14FNO2S. The van der Waals surface area contributed by atoms with Gasteiger partial charge < -0.3 is 10.5 Å². The van der Waals surface area contributed by atoms with E-state index >= 15 is 0 Å². The van der Waals surface area contributed by atoms with Crippen LogP contribution in [-0.2, 0) is 9.53 Å². The molecule has 1 aromatic rings. The Hall–Kier alpha value is -1.23. The van der Waals surface area contributed by atoms with Gasteiger partial charge in [-0.2, -0.15) is 0 Å². The normalized spacial score (nSPS) is 12.2. The van der Waals surface area contributed by atoms with Crippen LogP contribution in [0.2, 0.25) is 0 Å². The molecule has 2 N–H and O–H groups in total. The summed E-state index contributed by atoms with van der Waals surface area (Å²) in [5.74, 6) is -0.320. The molecule has 16 heavy (non-hydrogen) atoms. The summed E-state index contributed by atoms with van der Waals surface area (Å²) in [6.45, 7) is 1.77. The molecule has 3 nitrogen and oxygen atoms in total. The Morgan fingerprint density at radius 3 is 2.81 bits per heavy atom. The van der Waals surface area contributed by atoms with Gasteiger partial charge in [-0.1, -0.05) is 6.92 Å². The van der Waals surface area contributed by atoms with E-state index in [0.29, 0.717) is 16.3 Å². The number of halogens is 1. The zero-order valence-electron chi connectivity index (χ0n) is 9.20. The summed E-state index contributed by atoms with van der Waals surface area (Å²) in [4.78, 5) is 11.8. The smallest absolute Gasteiger partial charge is 0.309 e. The van der Waals surface area contributed by atoms with Gasteiger partial charge in [-0.05, 0) is 18.2 Å². The third kappa shape index (κ3) is 3.73. The summed E-state index contributed by atoms with van der Waals surface area (Å²) >= 11 is 1.38. The summed E-state index contributed by atoms with van der Waals surface area (Å²) < 4.78 is 17.6. The Morgan fingerprint density at radius 1 is 1.56 bits per heavy atom. The van der Waals surface area contributed by atoms with E-state index < -0.39 is 0 Å². The zero-order valence-corrected chi connectivity index (χ0v) is 10.0. The molecule has 88 valence electrons. The minimum atomic E-state index is -0.367. The van der Waals surface area contributed by atoms with E-state index in [4.69, 9.17) is 5.73 Å². The summed E-state index contributed by atoms with van der Waals surface area (Å²) in [6.07, 6.45) is 0. The fraction of sp³-hybridized carbons (Fsp3) is 0.364. The number of ether oxygens (including phenoxy) is 1. The lowest BCUT2D eigenvalue weighted by Crippen LogP contribution is -2.14. The van der Waals surface area contributed by atoms with Gasteiger partial charge in [-0.25, -0.2) is 4.39 Å². The van der Waals surface area contributed by atoms with Crippen LogP contribution < -0.4 is 5.73 Å². The highest BCUT2D eigenvalue weighted by Crippen LogP contribution is 2.24. The number of nitrogen functional groups attached to an aromatic ring is 1. The SMILES string of the molecule is COC(=O)C(C)CSc1cc(N)cc(F)c1. The molecule has 0 saturated carbocycles. The van der Waals surface area contributed by atoms with Gasteiger partial charge >= 0.3 is 5.97 Å². The monoisotopic (exact) mass is 243 g/mol. The second kappa shape index (κ2) is 5.75. The number of esters is 1. The number of hydrogen-bond donors (Lipinski definition) is 1. The van der Waals surface area contributed by atoms with Gasteiger partial charge in [0.15, 0.2) is 0 Å². The number of thioether (sulfide) groups is 1. The topological polar surface area (TPSA) is 52.3 Å². The summed E-state index contributed by atoms with van der Waals surface area (Å²) in [7, 11) is 1.35. The first-order valence-corrected chi connectivity index (χ1v) is 5.78. The van der Waals surface area contributed by atoms with Crippen molar-refractivity contribution in [2.75, 3.05) is 18.6 Å². The number of methoxy groups -OCH3 is 1. The summed E-state index contributed by atoms with van der Waals surface area (Å²) in [5.41, 5.74) is 5.89. The van der Waals surface area contributed by atoms with E-state index in [1.165, 1.54) is 31.0 Å². The highest BCUT2D eigenvalue weighted by Gasteiger charge is 2.13. The maximum atomic E-state index is 13.0. The molecule has 0 aliphatic heterocycles. The van der Waals surface area contributed by atoms with Crippen molar-refractivity contribution in [3.8, 4) is 0 Å². The average molecular weight is 243 g/mol. The number of rotatable bonds is 4. The first-order chi connectivity index (χ1) is 7.52. The average Bonchev–Trinajstić information content (AvgIpc) is 2.23. The van der Waals surface area contributed by atoms with Crippen LogP contribution in [0.15, 0.2) is 23.1 Å². The van der Waals surface area contributed by atoms with Crippen molar-refractivity contribution in [3.63, 3.8) is 0 Å². The fourth-order valence-electron chi connectivity index (χ4n) is 1.16. The second-order valence-corrected chi connectivity index (χ2v) is 4.55. The van der Waals surface area contributed by atoms with Crippen LogP contribution in [0.1, 0.15) is 6.92 Å². The molecule has 0 bridgehead atoms. The van der Waals surface area contributed by atoms with Gasteiger partial charge in [0.1, 0.15) is 5.82 Å². The van der Waals surface area contributed by atoms with Crippen LogP contribution >= 0.6 is 11.8 Å². The molecule has 0 amide bonds. The standard InChI is InChI=1S/C11H14FNO2S/c1-7(11(14)15-2)6-16-10-4-8(12)3-9(13)5-10/h3-5,7H,6,13H2,1-2H3. The van der Waals surface area contributed by atoms with Crippen LogP contribution in [0.3, 0.4) is 0 Å². The number of nitrogens with two attached hydrogens (primary N) is 1. The second-order valence-electron chi connectivity index (χ2n) is 3.46. The van der Waals surface area contributed by atoms with Crippen molar-refractivity contribution in [1.82, 2.24) is 0 Å². The van der Waals surface area contributed by atoms with Crippen molar-refractivity contribution < 1.29 is 13.9 Å². The van der Waals surface area contributed by atoms with Crippen LogP contribution in [0.25, 0.3) is 0 Å². The van der Waals surface area contributed by atoms with Gasteiger partial charge in [0.05, 0.1) is 13.0 Å². The van der Waals surface area contributed by atoms with E-state index in [9.17, 15) is 9.18 Å². The molecular weight excluding hydrogens is 229 g/mol. The van der Waals surface area contributed by atoms with Gasteiger partial charge in [0, 0.05) is 16.3 Å². The maximum Gasteiger partial charge on any atom is 0.309 e. The molecule has 0 aliphatic rings. The van der Waals surface area contributed by atoms with Crippen LogP contribution in [0.5, 0.6) is 0 Å². The number of anilines is 1. The van der Waals surface area contributed by atoms with Crippen LogP contribution in [-0.4, -0.2) is 18.8 Å². The predicted octanol–water partition coefficient (Wildman–Crippen LogP) is 2.31. The molecule has 0 heterocycles. The van der Waals surface area contributed by atoms with Crippen molar-refractivity contribution in [2.24, 2.45) is 5.92 Å². The molecule has 1 aromatic carbocycles. The Kier molecular flexibility index (Phi) is 4.61. The minimum Gasteiger partial charge on any atom is -0.469 e. The lowest BCUT2D eigenvalue weighted by Gasteiger charge is -2.08. The number of benzene rings is 1. The highest BCUT2D eigenvalue weighted by molar-refractivity contribution is 7.99. The molecule has 0 fully saturated rings. The van der Waals surface area contributed by atoms with E-state index in [0.717, 1.165) is 0 Å². The van der Waals surface area contributed by atoms with Crippen molar-refractivity contribution >= 4 is 23.4 Å². The highest BCUT2D eigenvalue weighted by atomic mass is 32.2. The zero-order chi connectivity index (χ0) is 12.1. The minimum absolute atomic E-state index is 0.223. The van der Waals surface area contributed by atoms with Gasteiger partial charge in [0.25, 0.3) is 0 Å². The largest absolute Gasteiger partial charge is 0.469 e. The molecule has 1 atom stereocenters. The lowest BCUT2D eigenvalue weighted by atomic mass is 10.2. The quantitative estimate of drug-likeness (QED) is 0.501. The van der Waals surface area contributed by atoms with Crippen molar-refractivity contribution in [1.29, 1.82) is 0 Å². The molecule has 5 heteroatoms. The number of hydrogen-bond acceptors (Lipinski definition) is 4. The Bertz CT molecular complexity index is 364. The van der Waals surface area contributed by atoms with Crippen LogP contribution in [0.4, 0.5) is 10.1 Å². The van der Waals surface area contributed by atoms with E-state index in [-0.39, 0.29) is 17.7 Å². The third-order valence-corrected chi connectivity index (χ3v) is 3.23. The Morgan fingerprint density at radius 2 is 2.25 bits per heavy atom. The number of carbonyl (C=O) groups excluding carboxylic acids is 1. The Balaban J connectivity index is 2.57. The van der Waals surface area contributed by atoms with Crippen molar-refractivity contribution in [3.05, 3.63) is 24.0 Å². The summed E-state index contributed by atoms with van der Waals surface area (Å²) in [5, 5.41) is 0. The molecule has 0 saturated heterocycles. The van der Waals surface area contributed by atoms with E-state index in [2.05, 4.69) is 4.74 Å². The number of carbonyl (C=O) groups is 1. The first kappa shape index (κ1) is 12.8. The van der Waals surface area contributed by atoms with Gasteiger partial charge in [0.2, 0.25) is 0 Å². The first-order valence-electron chi connectivity index (χ1n) is 4.79. The molecule has 0 aromatic heterocycles. The molecule has 0 radical (unpaired) electrons. The van der Waals surface area contributed by atoms with Crippen LogP contribution in [0, 0.1) is 11.7 Å². The maximum absolute atomic E-state index is 13.0. The fourth-order valence-corrected chi connectivity index (χ4v) is 2.15. The molecule has 0 aliphatic carbocycles. The van der Waals surface area contributed by atoms with Gasteiger partial charge in [-0.3, -0.25) is 4.79 Å². The molecule has 1 unspecified atom stereocenters. The summed E-state index contributed by atoms with van der Waals surface area (Å²) in [6, 6.07) is 4.33. The molecule has 1 rings (SSSR count). The van der Waals surface area contributed by atoms with Crippen molar-refractivity contribution in [2.45, 2.75) is 11.8 Å². The Labute approximate surface area is 98.2 Å². The van der Waals surface area contributed by atoms with E-state index in [1.807, 2.05) is 0 Å². The van der Waals surface area contributed by atoms with Gasteiger partial charge in [-0.15, -0.1) is 11.8 Å². The lowest BCUT2D eigenvalue weighted by molar-refractivity contribution is -0.143. The van der Waals surface area contributed by atoms with E-state index in [1.54, 1.807) is 13.0 Å².